The van der Waals surface area contributed by atoms with E-state index in [9.17, 15) is 0 Å². The average Bonchev–Trinajstić information content (AvgIpc) is 2.18. The lowest BCUT2D eigenvalue weighted by Crippen LogP contribution is -2.28. The summed E-state index contributed by atoms with van der Waals surface area (Å²) < 4.78 is 0. The fourth-order valence-corrected chi connectivity index (χ4v) is 1.26. The first kappa shape index (κ1) is 10.2. The van der Waals surface area contributed by atoms with Gasteiger partial charge in [-0.2, -0.15) is 0 Å². The quantitative estimate of drug-likeness (QED) is 0.723. The van der Waals surface area contributed by atoms with Crippen molar-refractivity contribution in [2.45, 2.75) is 25.3 Å². The molecule has 13 heavy (non-hydrogen) atoms. The smallest absolute Gasteiger partial charge is 0.0447 e. The fraction of sp³-hybridized carbons (Fsp3) is 0.500. The Balaban J connectivity index is 2.62. The van der Waals surface area contributed by atoms with Crippen LogP contribution in [0.15, 0.2) is 24.4 Å². The molecule has 0 aromatic carbocycles. The van der Waals surface area contributed by atoms with Gasteiger partial charge in [0, 0.05) is 30.5 Å². The minimum Gasteiger partial charge on any atom is -0.396 e. The molecule has 0 aliphatic rings. The Bertz CT molecular complexity index is 238. The summed E-state index contributed by atoms with van der Waals surface area (Å²) in [5.41, 5.74) is 6.85. The van der Waals surface area contributed by atoms with Gasteiger partial charge in [-0.05, 0) is 18.6 Å². The van der Waals surface area contributed by atoms with Gasteiger partial charge in [0.1, 0.15) is 0 Å². The molecule has 0 aliphatic heterocycles. The zero-order valence-corrected chi connectivity index (χ0v) is 7.85. The number of hydrogen-bond donors (Lipinski definition) is 2. The van der Waals surface area contributed by atoms with Gasteiger partial charge in [-0.15, -0.1) is 0 Å². The summed E-state index contributed by atoms with van der Waals surface area (Å²) in [6.45, 7) is 2.17. The van der Waals surface area contributed by atoms with E-state index in [1.54, 1.807) is 6.20 Å². The predicted molar refractivity (Wildman–Crippen MR) is 52.3 cm³/mol. The summed E-state index contributed by atoms with van der Waals surface area (Å²) in [6, 6.07) is 5.78. The molecule has 0 fully saturated rings. The first-order chi connectivity index (χ1) is 6.25. The van der Waals surface area contributed by atoms with E-state index in [4.69, 9.17) is 10.8 Å². The van der Waals surface area contributed by atoms with E-state index < -0.39 is 0 Å². The van der Waals surface area contributed by atoms with Gasteiger partial charge in [0.15, 0.2) is 0 Å². The number of aliphatic hydroxyl groups is 1. The highest BCUT2D eigenvalue weighted by atomic mass is 16.3. The standard InChI is InChI=1S/C10H16N2O/c1-8(9(11)5-7-13)10-4-2-3-6-12-10/h2-4,6,8-9,13H,5,7,11H2,1H3/t8?,9-/m1/s1. The topological polar surface area (TPSA) is 59.1 Å². The Kier molecular flexibility index (Phi) is 3.86. The summed E-state index contributed by atoms with van der Waals surface area (Å²) in [6.07, 6.45) is 2.38. The number of aliphatic hydroxyl groups excluding tert-OH is 1. The van der Waals surface area contributed by atoms with Crippen LogP contribution in [0.4, 0.5) is 0 Å². The van der Waals surface area contributed by atoms with Gasteiger partial charge in [-0.1, -0.05) is 13.0 Å². The number of nitrogens with zero attached hydrogens (tertiary/aromatic N) is 1. The molecule has 0 spiro atoms. The monoisotopic (exact) mass is 180 g/mol. The predicted octanol–water partition coefficient (Wildman–Crippen LogP) is 0.895. The largest absolute Gasteiger partial charge is 0.396 e. The van der Waals surface area contributed by atoms with Gasteiger partial charge in [-0.25, -0.2) is 0 Å². The molecule has 0 radical (unpaired) electrons. The molecular weight excluding hydrogens is 164 g/mol. The Labute approximate surface area is 78.6 Å². The number of rotatable bonds is 4. The molecule has 1 aromatic heterocycles. The van der Waals surface area contributed by atoms with Crippen molar-refractivity contribution in [3.05, 3.63) is 30.1 Å². The third kappa shape index (κ3) is 2.79. The Morgan fingerprint density at radius 1 is 1.54 bits per heavy atom. The normalized spacial score (nSPS) is 15.3. The van der Waals surface area contributed by atoms with E-state index in [0.717, 1.165) is 5.69 Å². The molecule has 2 atom stereocenters. The summed E-state index contributed by atoms with van der Waals surface area (Å²) in [4.78, 5) is 4.22. The molecule has 0 aliphatic carbocycles. The van der Waals surface area contributed by atoms with Crippen LogP contribution in [0.1, 0.15) is 25.0 Å². The molecule has 1 unspecified atom stereocenters. The lowest BCUT2D eigenvalue weighted by molar-refractivity contribution is 0.269. The molecule has 72 valence electrons. The van der Waals surface area contributed by atoms with Gasteiger partial charge >= 0.3 is 0 Å². The third-order valence-electron chi connectivity index (χ3n) is 2.26. The van der Waals surface area contributed by atoms with Gasteiger partial charge in [0.25, 0.3) is 0 Å². The first-order valence-corrected chi connectivity index (χ1v) is 4.53. The van der Waals surface area contributed by atoms with Crippen molar-refractivity contribution in [2.24, 2.45) is 5.73 Å². The van der Waals surface area contributed by atoms with Crippen LogP contribution < -0.4 is 5.73 Å². The molecule has 3 N–H and O–H groups in total. The van der Waals surface area contributed by atoms with Gasteiger partial charge in [0.05, 0.1) is 0 Å². The van der Waals surface area contributed by atoms with Crippen molar-refractivity contribution in [3.8, 4) is 0 Å². The van der Waals surface area contributed by atoms with Gasteiger partial charge in [0.2, 0.25) is 0 Å². The van der Waals surface area contributed by atoms with Crippen LogP contribution in [0.2, 0.25) is 0 Å². The van der Waals surface area contributed by atoms with Crippen molar-refractivity contribution in [3.63, 3.8) is 0 Å². The van der Waals surface area contributed by atoms with Crippen molar-refractivity contribution >= 4 is 0 Å². The molecule has 0 saturated heterocycles. The van der Waals surface area contributed by atoms with E-state index in [0.29, 0.717) is 6.42 Å². The maximum atomic E-state index is 8.73. The molecule has 3 heteroatoms. The second kappa shape index (κ2) is 4.94. The number of pyridine rings is 1. The molecule has 1 rings (SSSR count). The zero-order chi connectivity index (χ0) is 9.68. The van der Waals surface area contributed by atoms with E-state index >= 15 is 0 Å². The zero-order valence-electron chi connectivity index (χ0n) is 7.85. The molecule has 1 heterocycles. The molecular formula is C10H16N2O. The van der Waals surface area contributed by atoms with Gasteiger partial charge in [-0.3, -0.25) is 4.98 Å². The molecule has 0 bridgehead atoms. The highest BCUT2D eigenvalue weighted by Crippen LogP contribution is 2.16. The fourth-order valence-electron chi connectivity index (χ4n) is 1.26. The number of aromatic nitrogens is 1. The Morgan fingerprint density at radius 3 is 2.85 bits per heavy atom. The van der Waals surface area contributed by atoms with Crippen LogP contribution >= 0.6 is 0 Å². The number of nitrogens with two attached hydrogens (primary N) is 1. The second-order valence-electron chi connectivity index (χ2n) is 3.22. The van der Waals surface area contributed by atoms with Crippen molar-refractivity contribution in [2.75, 3.05) is 6.61 Å². The van der Waals surface area contributed by atoms with Gasteiger partial charge < -0.3 is 10.8 Å². The Hall–Kier alpha value is -0.930. The van der Waals surface area contributed by atoms with Crippen LogP contribution in [-0.2, 0) is 0 Å². The second-order valence-corrected chi connectivity index (χ2v) is 3.22. The molecule has 1 aromatic rings. The van der Waals surface area contributed by atoms with Crippen LogP contribution in [0, 0.1) is 0 Å². The number of hydrogen-bond acceptors (Lipinski definition) is 3. The first-order valence-electron chi connectivity index (χ1n) is 4.53. The highest BCUT2D eigenvalue weighted by molar-refractivity contribution is 5.10. The summed E-state index contributed by atoms with van der Waals surface area (Å²) >= 11 is 0. The molecule has 0 amide bonds. The summed E-state index contributed by atoms with van der Waals surface area (Å²) in [5.74, 6) is 0.202. The maximum absolute atomic E-state index is 8.73. The van der Waals surface area contributed by atoms with E-state index in [2.05, 4.69) is 4.98 Å². The molecule has 3 nitrogen and oxygen atoms in total. The van der Waals surface area contributed by atoms with E-state index in [1.165, 1.54) is 0 Å². The SMILES string of the molecule is CC(c1ccccn1)[C@H](N)CCO. The minimum atomic E-state index is -0.0140. The summed E-state index contributed by atoms with van der Waals surface area (Å²) in [5, 5.41) is 8.73. The van der Waals surface area contributed by atoms with E-state index in [-0.39, 0.29) is 18.6 Å². The summed E-state index contributed by atoms with van der Waals surface area (Å²) in [7, 11) is 0. The van der Waals surface area contributed by atoms with E-state index in [1.807, 2.05) is 25.1 Å². The third-order valence-corrected chi connectivity index (χ3v) is 2.26. The van der Waals surface area contributed by atoms with Crippen molar-refractivity contribution in [1.82, 2.24) is 4.98 Å². The minimum absolute atomic E-state index is 0.0140. The lowest BCUT2D eigenvalue weighted by atomic mass is 9.96. The highest BCUT2D eigenvalue weighted by Gasteiger charge is 2.14. The van der Waals surface area contributed by atoms with Crippen LogP contribution in [-0.4, -0.2) is 22.7 Å². The van der Waals surface area contributed by atoms with Crippen molar-refractivity contribution < 1.29 is 5.11 Å². The van der Waals surface area contributed by atoms with Crippen LogP contribution in [0.3, 0.4) is 0 Å². The molecule has 0 saturated carbocycles. The lowest BCUT2D eigenvalue weighted by Gasteiger charge is -2.17. The Morgan fingerprint density at radius 2 is 2.31 bits per heavy atom. The van der Waals surface area contributed by atoms with Crippen molar-refractivity contribution in [1.29, 1.82) is 0 Å². The van der Waals surface area contributed by atoms with Crippen LogP contribution in [0.25, 0.3) is 0 Å². The maximum Gasteiger partial charge on any atom is 0.0447 e. The average molecular weight is 180 g/mol. The van der Waals surface area contributed by atoms with Crippen LogP contribution in [0.5, 0.6) is 0 Å².